The smallest absolute Gasteiger partial charge is 0.240 e. The van der Waals surface area contributed by atoms with Gasteiger partial charge < -0.3 is 14.4 Å². The van der Waals surface area contributed by atoms with Gasteiger partial charge in [0, 0.05) is 25.3 Å². The summed E-state index contributed by atoms with van der Waals surface area (Å²) < 4.78 is 38.5. The summed E-state index contributed by atoms with van der Waals surface area (Å²) in [5, 5.41) is 0. The summed E-state index contributed by atoms with van der Waals surface area (Å²) in [5.74, 6) is 0.704. The summed E-state index contributed by atoms with van der Waals surface area (Å²) in [4.78, 5) is 2.52. The van der Waals surface area contributed by atoms with Crippen molar-refractivity contribution < 1.29 is 17.9 Å². The van der Waals surface area contributed by atoms with Crippen LogP contribution in [0.5, 0.6) is 5.75 Å². The van der Waals surface area contributed by atoms with Crippen LogP contribution in [0.25, 0.3) is 0 Å². The van der Waals surface area contributed by atoms with Crippen LogP contribution in [0.15, 0.2) is 47.4 Å². The SMILES string of the molecule is CCc1cc(S(=O)(=O)NCc2ccc(N3CCOCC3)cc2)ccc1OC. The van der Waals surface area contributed by atoms with Crippen LogP contribution in [-0.2, 0) is 27.7 Å². The molecule has 1 heterocycles. The van der Waals surface area contributed by atoms with Crippen LogP contribution in [0.3, 0.4) is 0 Å². The Morgan fingerprint density at radius 3 is 2.44 bits per heavy atom. The number of aryl methyl sites for hydroxylation is 1. The van der Waals surface area contributed by atoms with Gasteiger partial charge >= 0.3 is 0 Å². The van der Waals surface area contributed by atoms with E-state index in [4.69, 9.17) is 9.47 Å². The van der Waals surface area contributed by atoms with E-state index in [1.807, 2.05) is 31.2 Å². The topological polar surface area (TPSA) is 67.9 Å². The minimum Gasteiger partial charge on any atom is -0.496 e. The standard InChI is InChI=1S/C20H26N2O4S/c1-3-17-14-19(8-9-20(17)25-2)27(23,24)21-15-16-4-6-18(7-5-16)22-10-12-26-13-11-22/h4-9,14,21H,3,10-13,15H2,1-2H3. The van der Waals surface area contributed by atoms with Crippen molar-refractivity contribution in [3.8, 4) is 5.75 Å². The van der Waals surface area contributed by atoms with E-state index in [-0.39, 0.29) is 11.4 Å². The number of hydrogen-bond acceptors (Lipinski definition) is 5. The normalized spacial score (nSPS) is 15.0. The molecule has 0 spiro atoms. The van der Waals surface area contributed by atoms with Crippen LogP contribution in [0.4, 0.5) is 5.69 Å². The molecule has 1 aliphatic heterocycles. The second-order valence-corrected chi connectivity index (χ2v) is 8.18. The van der Waals surface area contributed by atoms with E-state index >= 15 is 0 Å². The molecule has 0 aliphatic carbocycles. The van der Waals surface area contributed by atoms with E-state index in [1.165, 1.54) is 0 Å². The lowest BCUT2D eigenvalue weighted by atomic mass is 10.1. The number of hydrogen-bond donors (Lipinski definition) is 1. The van der Waals surface area contributed by atoms with Gasteiger partial charge in [-0.3, -0.25) is 0 Å². The van der Waals surface area contributed by atoms with E-state index in [2.05, 4.69) is 9.62 Å². The Hall–Kier alpha value is -2.09. The van der Waals surface area contributed by atoms with Crippen molar-refractivity contribution in [3.63, 3.8) is 0 Å². The van der Waals surface area contributed by atoms with Crippen molar-refractivity contribution in [2.24, 2.45) is 0 Å². The maximum Gasteiger partial charge on any atom is 0.240 e. The Morgan fingerprint density at radius 1 is 1.11 bits per heavy atom. The fourth-order valence-electron chi connectivity index (χ4n) is 3.11. The van der Waals surface area contributed by atoms with Crippen LogP contribution in [-0.4, -0.2) is 41.8 Å². The maximum atomic E-state index is 12.6. The maximum absolute atomic E-state index is 12.6. The predicted molar refractivity (Wildman–Crippen MR) is 106 cm³/mol. The molecule has 2 aromatic rings. The molecule has 0 saturated carbocycles. The number of nitrogens with one attached hydrogen (secondary N) is 1. The van der Waals surface area contributed by atoms with Gasteiger partial charge in [-0.15, -0.1) is 0 Å². The average Bonchev–Trinajstić information content (AvgIpc) is 2.72. The molecule has 146 valence electrons. The number of ether oxygens (including phenoxy) is 2. The lowest BCUT2D eigenvalue weighted by molar-refractivity contribution is 0.122. The van der Waals surface area contributed by atoms with Crippen molar-refractivity contribution in [2.75, 3.05) is 38.3 Å². The minimum atomic E-state index is -3.58. The largest absolute Gasteiger partial charge is 0.496 e. The monoisotopic (exact) mass is 390 g/mol. The number of benzene rings is 2. The van der Waals surface area contributed by atoms with Gasteiger partial charge in [-0.25, -0.2) is 13.1 Å². The van der Waals surface area contributed by atoms with Crippen molar-refractivity contribution in [3.05, 3.63) is 53.6 Å². The quantitative estimate of drug-likeness (QED) is 0.787. The summed E-state index contributed by atoms with van der Waals surface area (Å²) in [5.41, 5.74) is 2.92. The Labute approximate surface area is 161 Å². The molecule has 7 heteroatoms. The average molecular weight is 391 g/mol. The van der Waals surface area contributed by atoms with Crippen LogP contribution in [0.2, 0.25) is 0 Å². The molecule has 1 fully saturated rings. The summed E-state index contributed by atoms with van der Waals surface area (Å²) >= 11 is 0. The third-order valence-electron chi connectivity index (χ3n) is 4.72. The van der Waals surface area contributed by atoms with E-state index in [0.717, 1.165) is 43.1 Å². The number of sulfonamides is 1. The molecule has 3 rings (SSSR count). The molecule has 1 saturated heterocycles. The first kappa shape index (κ1) is 19.7. The molecule has 0 bridgehead atoms. The van der Waals surface area contributed by atoms with Gasteiger partial charge in [0.1, 0.15) is 5.75 Å². The van der Waals surface area contributed by atoms with E-state index < -0.39 is 10.0 Å². The number of rotatable bonds is 7. The van der Waals surface area contributed by atoms with Gasteiger partial charge in [-0.05, 0) is 47.9 Å². The Bertz CT molecular complexity index is 860. The molecule has 6 nitrogen and oxygen atoms in total. The highest BCUT2D eigenvalue weighted by atomic mass is 32.2. The molecule has 1 N–H and O–H groups in total. The Balaban J connectivity index is 1.66. The van der Waals surface area contributed by atoms with Crippen LogP contribution < -0.4 is 14.4 Å². The molecule has 27 heavy (non-hydrogen) atoms. The number of methoxy groups -OCH3 is 1. The van der Waals surface area contributed by atoms with Gasteiger partial charge in [-0.1, -0.05) is 19.1 Å². The molecular weight excluding hydrogens is 364 g/mol. The molecule has 0 amide bonds. The van der Waals surface area contributed by atoms with Gasteiger partial charge in [0.2, 0.25) is 10.0 Å². The fourth-order valence-corrected chi connectivity index (χ4v) is 4.17. The summed E-state index contributed by atoms with van der Waals surface area (Å²) in [6.07, 6.45) is 0.704. The van der Waals surface area contributed by atoms with Gasteiger partial charge in [0.25, 0.3) is 0 Å². The number of nitrogens with zero attached hydrogens (tertiary/aromatic N) is 1. The summed E-state index contributed by atoms with van der Waals surface area (Å²) in [6, 6.07) is 12.9. The van der Waals surface area contributed by atoms with E-state index in [9.17, 15) is 8.42 Å². The van der Waals surface area contributed by atoms with E-state index in [1.54, 1.807) is 25.3 Å². The zero-order chi connectivity index (χ0) is 19.3. The highest BCUT2D eigenvalue weighted by molar-refractivity contribution is 7.89. The third kappa shape index (κ3) is 4.80. The zero-order valence-corrected chi connectivity index (χ0v) is 16.6. The van der Waals surface area contributed by atoms with Crippen LogP contribution >= 0.6 is 0 Å². The zero-order valence-electron chi connectivity index (χ0n) is 15.8. The fraction of sp³-hybridized carbons (Fsp3) is 0.400. The lowest BCUT2D eigenvalue weighted by Crippen LogP contribution is -2.36. The van der Waals surface area contributed by atoms with Crippen LogP contribution in [0, 0.1) is 0 Å². The summed E-state index contributed by atoms with van der Waals surface area (Å²) in [7, 11) is -1.99. The minimum absolute atomic E-state index is 0.249. The summed E-state index contributed by atoms with van der Waals surface area (Å²) in [6.45, 7) is 5.45. The van der Waals surface area contributed by atoms with Gasteiger partial charge in [-0.2, -0.15) is 0 Å². The van der Waals surface area contributed by atoms with Gasteiger partial charge in [0.05, 0.1) is 25.2 Å². The van der Waals surface area contributed by atoms with Crippen molar-refractivity contribution in [1.82, 2.24) is 4.72 Å². The van der Waals surface area contributed by atoms with Crippen molar-refractivity contribution in [2.45, 2.75) is 24.8 Å². The van der Waals surface area contributed by atoms with Crippen molar-refractivity contribution >= 4 is 15.7 Å². The molecule has 2 aromatic carbocycles. The van der Waals surface area contributed by atoms with Gasteiger partial charge in [0.15, 0.2) is 0 Å². The Kier molecular flexibility index (Phi) is 6.36. The lowest BCUT2D eigenvalue weighted by Gasteiger charge is -2.28. The molecule has 0 radical (unpaired) electrons. The van der Waals surface area contributed by atoms with Crippen molar-refractivity contribution in [1.29, 1.82) is 0 Å². The number of anilines is 1. The first-order valence-corrected chi connectivity index (χ1v) is 10.6. The highest BCUT2D eigenvalue weighted by Gasteiger charge is 2.16. The molecule has 0 aromatic heterocycles. The Morgan fingerprint density at radius 2 is 1.81 bits per heavy atom. The molecule has 0 unspecified atom stereocenters. The van der Waals surface area contributed by atoms with Crippen LogP contribution in [0.1, 0.15) is 18.1 Å². The number of morpholine rings is 1. The first-order chi connectivity index (χ1) is 13.0. The first-order valence-electron chi connectivity index (χ1n) is 9.11. The third-order valence-corrected chi connectivity index (χ3v) is 6.12. The second kappa shape index (κ2) is 8.73. The van der Waals surface area contributed by atoms with E-state index in [0.29, 0.717) is 12.2 Å². The molecule has 0 atom stereocenters. The highest BCUT2D eigenvalue weighted by Crippen LogP contribution is 2.23. The molecule has 1 aliphatic rings. The molecular formula is C20H26N2O4S. The second-order valence-electron chi connectivity index (χ2n) is 6.42. The predicted octanol–water partition coefficient (Wildman–Crippen LogP) is 2.57.